The first-order valence-corrected chi connectivity index (χ1v) is 15.1. The Bertz CT molecular complexity index is 2380. The van der Waals surface area contributed by atoms with Crippen molar-refractivity contribution in [2.45, 2.75) is 19.4 Å². The lowest BCUT2D eigenvalue weighted by Gasteiger charge is -2.28. The summed E-state index contributed by atoms with van der Waals surface area (Å²) >= 11 is 2.31. The second-order valence-corrected chi connectivity index (χ2v) is 12.5. The van der Waals surface area contributed by atoms with Crippen LogP contribution in [-0.4, -0.2) is 33.0 Å². The van der Waals surface area contributed by atoms with E-state index in [4.69, 9.17) is 9.72 Å². The van der Waals surface area contributed by atoms with Gasteiger partial charge in [-0.1, -0.05) is 71.2 Å². The summed E-state index contributed by atoms with van der Waals surface area (Å²) in [5.74, 6) is -0.603. The summed E-state index contributed by atoms with van der Waals surface area (Å²) in [6, 6.07) is 20.8. The van der Waals surface area contributed by atoms with E-state index in [9.17, 15) is 30.6 Å². The number of benzene rings is 2. The fraction of sp³-hybridized carbons (Fsp3) is 0.0909. The number of Topliss-reactive ketones (excluding diaryl/α,β-unsaturated/α-hetero) is 2. The number of hydrogen-bond acceptors (Lipinski definition) is 13. The summed E-state index contributed by atoms with van der Waals surface area (Å²) in [5.41, 5.74) is 0.855. The molecule has 0 saturated heterocycles. The molecule has 0 atom stereocenters. The number of nitrogens with zero attached hydrogens (tertiary/aromatic N) is 8. The van der Waals surface area contributed by atoms with Crippen molar-refractivity contribution in [1.29, 1.82) is 21.0 Å². The van der Waals surface area contributed by atoms with E-state index in [1.54, 1.807) is 62.4 Å². The molecule has 2 aliphatic carbocycles. The van der Waals surface area contributed by atoms with Crippen molar-refractivity contribution in [3.63, 3.8) is 0 Å². The normalized spacial score (nSPS) is 16.8. The number of carbonyl (C=O) groups is 2. The van der Waals surface area contributed by atoms with Crippen molar-refractivity contribution < 1.29 is 14.3 Å². The maximum absolute atomic E-state index is 13.4. The molecule has 2 aromatic carbocycles. The van der Waals surface area contributed by atoms with E-state index in [1.807, 2.05) is 24.3 Å². The number of hydrogen-bond donors (Lipinski definition) is 0. The molecule has 4 aromatic rings. The van der Waals surface area contributed by atoms with E-state index in [1.165, 1.54) is 11.3 Å². The van der Waals surface area contributed by atoms with Gasteiger partial charge in [-0.25, -0.2) is 15.0 Å². The van der Waals surface area contributed by atoms with Crippen LogP contribution >= 0.6 is 22.7 Å². The fourth-order valence-corrected chi connectivity index (χ4v) is 7.57. The maximum Gasteiger partial charge on any atom is 0.236 e. The highest BCUT2D eigenvalue weighted by Crippen LogP contribution is 2.53. The Morgan fingerprint density at radius 2 is 1.13 bits per heavy atom. The number of rotatable bonds is 2. The van der Waals surface area contributed by atoms with Crippen molar-refractivity contribution in [3.8, 4) is 39.9 Å². The van der Waals surface area contributed by atoms with Gasteiger partial charge in [0.1, 0.15) is 63.0 Å². The summed E-state index contributed by atoms with van der Waals surface area (Å²) in [4.78, 5) is 46.3. The highest BCUT2D eigenvalue weighted by atomic mass is 32.1. The third-order valence-corrected chi connectivity index (χ3v) is 9.52. The predicted octanol–water partition coefficient (Wildman–Crippen LogP) is 6.43. The standard InChI is InChI=1S/C33H14N8O3S2/c1-33(2)29-27(45-31(40-29)38-23-21(15(11-34)12-35)17-7-3-5-9-19(17)25(23)42)28-30(44-33)41-32(46-28)39-24-22(16(13-36)14-37)18-8-4-6-10-20(18)26(24)43/h3-10H,1-2H3. The number of aromatic nitrogens is 2. The van der Waals surface area contributed by atoms with Gasteiger partial charge in [-0.3, -0.25) is 9.59 Å². The van der Waals surface area contributed by atoms with Crippen LogP contribution in [0.4, 0.5) is 10.3 Å². The molecular weight excluding hydrogens is 621 g/mol. The van der Waals surface area contributed by atoms with Crippen molar-refractivity contribution in [3.05, 3.63) is 87.6 Å². The van der Waals surface area contributed by atoms with Crippen LogP contribution in [0.5, 0.6) is 5.88 Å². The lowest BCUT2D eigenvalue weighted by atomic mass is 10.0. The molecule has 1 aliphatic heterocycles. The van der Waals surface area contributed by atoms with Gasteiger partial charge in [0.25, 0.3) is 0 Å². The molecule has 3 aliphatic rings. The van der Waals surface area contributed by atoms with E-state index >= 15 is 0 Å². The monoisotopic (exact) mass is 634 g/mol. The van der Waals surface area contributed by atoms with E-state index in [0.29, 0.717) is 37.7 Å². The average molecular weight is 635 g/mol. The van der Waals surface area contributed by atoms with Gasteiger partial charge in [0.05, 0.1) is 4.88 Å². The van der Waals surface area contributed by atoms with Gasteiger partial charge in [-0.2, -0.15) is 26.0 Å². The molecule has 11 nitrogen and oxygen atoms in total. The number of ketones is 2. The topological polar surface area (TPSA) is 189 Å². The highest BCUT2D eigenvalue weighted by Gasteiger charge is 2.41. The summed E-state index contributed by atoms with van der Waals surface area (Å²) in [6.45, 7) is 3.59. The van der Waals surface area contributed by atoms with Crippen LogP contribution in [0.3, 0.4) is 0 Å². The predicted molar refractivity (Wildman–Crippen MR) is 169 cm³/mol. The third kappa shape index (κ3) is 4.12. The van der Waals surface area contributed by atoms with Crippen LogP contribution < -0.4 is 4.74 Å². The number of fused-ring (bicyclic) bond motifs is 5. The van der Waals surface area contributed by atoms with Crippen LogP contribution in [0.1, 0.15) is 51.4 Å². The van der Waals surface area contributed by atoms with E-state index < -0.39 is 17.2 Å². The minimum Gasteiger partial charge on any atom is -0.464 e. The Kier molecular flexibility index (Phi) is 6.40. The molecule has 0 spiro atoms. The number of aliphatic imine (C=N–C) groups is 2. The van der Waals surface area contributed by atoms with Crippen LogP contribution in [-0.2, 0) is 5.60 Å². The first-order chi connectivity index (χ1) is 22.2. The summed E-state index contributed by atoms with van der Waals surface area (Å²) in [5, 5.41) is 38.9. The van der Waals surface area contributed by atoms with Gasteiger partial charge in [0.2, 0.25) is 27.7 Å². The van der Waals surface area contributed by atoms with Gasteiger partial charge < -0.3 is 4.74 Å². The Balaban J connectivity index is 1.35. The zero-order valence-electron chi connectivity index (χ0n) is 23.7. The highest BCUT2D eigenvalue weighted by molar-refractivity contribution is 7.25. The third-order valence-electron chi connectivity index (χ3n) is 7.48. The van der Waals surface area contributed by atoms with Gasteiger partial charge >= 0.3 is 0 Å². The Morgan fingerprint density at radius 3 is 1.61 bits per heavy atom. The van der Waals surface area contributed by atoms with Gasteiger partial charge in [0.15, 0.2) is 0 Å². The van der Waals surface area contributed by atoms with Crippen LogP contribution in [0.2, 0.25) is 0 Å². The van der Waals surface area contributed by atoms with Gasteiger partial charge in [0, 0.05) is 22.3 Å². The number of thiazole rings is 2. The minimum atomic E-state index is -0.971. The molecule has 0 N–H and O–H groups in total. The Hall–Kier alpha value is -6.38. The summed E-state index contributed by atoms with van der Waals surface area (Å²) in [7, 11) is 0. The van der Waals surface area contributed by atoms with Crippen LogP contribution in [0.25, 0.3) is 20.9 Å². The molecule has 0 bridgehead atoms. The Morgan fingerprint density at radius 1 is 0.696 bits per heavy atom. The average Bonchev–Trinajstić information content (AvgIpc) is 3.80. The second-order valence-electron chi connectivity index (χ2n) is 10.5. The van der Waals surface area contributed by atoms with Gasteiger partial charge in [-0.05, 0) is 25.0 Å². The number of nitriles is 4. The van der Waals surface area contributed by atoms with Crippen molar-refractivity contribution in [2.24, 2.45) is 9.98 Å². The smallest absolute Gasteiger partial charge is 0.236 e. The molecular formula is C33H14N8O3S2. The molecule has 46 heavy (non-hydrogen) atoms. The zero-order valence-corrected chi connectivity index (χ0v) is 25.4. The van der Waals surface area contributed by atoms with Crippen molar-refractivity contribution >= 4 is 67.1 Å². The molecule has 0 fully saturated rings. The molecule has 13 heteroatoms. The summed E-state index contributed by atoms with van der Waals surface area (Å²) < 4.78 is 6.21. The summed E-state index contributed by atoms with van der Waals surface area (Å²) in [6.07, 6.45) is 0. The van der Waals surface area contributed by atoms with Crippen LogP contribution in [0, 0.1) is 45.3 Å². The quantitative estimate of drug-likeness (QED) is 0.224. The second kappa shape index (κ2) is 10.4. The van der Waals surface area contributed by atoms with Gasteiger partial charge in [-0.15, -0.1) is 0 Å². The minimum absolute atomic E-state index is 0.0508. The van der Waals surface area contributed by atoms with E-state index in [2.05, 4.69) is 15.0 Å². The lowest BCUT2D eigenvalue weighted by molar-refractivity contribution is 0.0963. The maximum atomic E-state index is 13.4. The molecule has 0 radical (unpaired) electrons. The number of ether oxygens (including phenoxy) is 1. The van der Waals surface area contributed by atoms with Crippen molar-refractivity contribution in [1.82, 2.24) is 9.97 Å². The Labute approximate surface area is 268 Å². The van der Waals surface area contributed by atoms with E-state index in [-0.39, 0.29) is 49.9 Å². The first kappa shape index (κ1) is 28.4. The van der Waals surface area contributed by atoms with Crippen molar-refractivity contribution in [2.75, 3.05) is 0 Å². The molecule has 0 saturated carbocycles. The number of allylic oxidation sites excluding steroid dienone is 4. The number of carbonyl (C=O) groups excluding carboxylic acids is 2. The molecule has 3 heterocycles. The molecule has 7 rings (SSSR count). The molecule has 0 amide bonds. The molecule has 2 aromatic heterocycles. The fourth-order valence-electron chi connectivity index (χ4n) is 5.48. The molecule has 0 unspecified atom stereocenters. The lowest BCUT2D eigenvalue weighted by Crippen LogP contribution is -2.29. The largest absolute Gasteiger partial charge is 0.464 e. The SMILES string of the molecule is CC1(C)Oc2nc(N=C3C(=O)c4ccccc4C3=C(C#N)C#N)sc2-c2sc(N=C3C(=O)c4ccccc4C3=C(C#N)C#N)nc21. The van der Waals surface area contributed by atoms with E-state index in [0.717, 1.165) is 11.3 Å². The first-order valence-electron chi connectivity index (χ1n) is 13.5. The molecule has 216 valence electrons. The van der Waals surface area contributed by atoms with Crippen LogP contribution in [0.15, 0.2) is 69.7 Å². The zero-order chi connectivity index (χ0) is 32.3.